The molecule has 1 fully saturated rings. The number of carbonyl (C=O) groups excluding carboxylic acids is 1. The monoisotopic (exact) mass is 262 g/mol. The Hall–Kier alpha value is -1.55. The lowest BCUT2D eigenvalue weighted by molar-refractivity contribution is -0.129. The number of anilines is 1. The van der Waals surface area contributed by atoms with E-state index in [0.29, 0.717) is 13.2 Å². The Morgan fingerprint density at radius 3 is 2.58 bits per heavy atom. The van der Waals surface area contributed by atoms with Gasteiger partial charge in [0.15, 0.2) is 0 Å². The van der Waals surface area contributed by atoms with Gasteiger partial charge in [-0.15, -0.1) is 0 Å². The van der Waals surface area contributed by atoms with Crippen molar-refractivity contribution in [2.24, 2.45) is 11.1 Å². The fourth-order valence-corrected chi connectivity index (χ4v) is 2.37. The van der Waals surface area contributed by atoms with Crippen LogP contribution in [0.5, 0.6) is 5.75 Å². The number of piperidine rings is 1. The molecule has 1 aromatic rings. The summed E-state index contributed by atoms with van der Waals surface area (Å²) >= 11 is 0. The molecule has 1 atom stereocenters. The minimum atomic E-state index is -0.503. The van der Waals surface area contributed by atoms with E-state index in [1.807, 2.05) is 49.9 Å². The summed E-state index contributed by atoms with van der Waals surface area (Å²) in [6, 6.07) is 7.58. The summed E-state index contributed by atoms with van der Waals surface area (Å²) in [6.45, 7) is 7.11. The van der Waals surface area contributed by atoms with Crippen molar-refractivity contribution in [1.82, 2.24) is 0 Å². The highest BCUT2D eigenvalue weighted by Gasteiger charge is 2.41. The number of hydrogen-bond donors (Lipinski definition) is 1. The van der Waals surface area contributed by atoms with Crippen molar-refractivity contribution in [1.29, 1.82) is 0 Å². The maximum Gasteiger partial charge on any atom is 0.234 e. The van der Waals surface area contributed by atoms with Gasteiger partial charge in [-0.05, 0) is 51.5 Å². The van der Waals surface area contributed by atoms with E-state index in [2.05, 4.69) is 0 Å². The Labute approximate surface area is 114 Å². The fourth-order valence-electron chi connectivity index (χ4n) is 2.37. The van der Waals surface area contributed by atoms with Gasteiger partial charge in [0.25, 0.3) is 0 Å². The summed E-state index contributed by atoms with van der Waals surface area (Å²) in [5.41, 5.74) is 6.45. The minimum absolute atomic E-state index is 0.0704. The SMILES string of the molecule is CCOc1ccc(N2CCC(N)C(C)(C)C2=O)cc1. The Kier molecular flexibility index (Phi) is 3.80. The highest BCUT2D eigenvalue weighted by atomic mass is 16.5. The van der Waals surface area contributed by atoms with E-state index in [9.17, 15) is 4.79 Å². The molecule has 1 amide bonds. The molecule has 1 aromatic carbocycles. The molecule has 0 bridgehead atoms. The molecule has 0 saturated carbocycles. The fraction of sp³-hybridized carbons (Fsp3) is 0.533. The first-order chi connectivity index (χ1) is 8.96. The van der Waals surface area contributed by atoms with Crippen LogP contribution in [0.15, 0.2) is 24.3 Å². The first kappa shape index (κ1) is 13.9. The standard InChI is InChI=1S/C15H22N2O2/c1-4-19-12-7-5-11(6-8-12)17-10-9-13(16)15(2,3)14(17)18/h5-8,13H,4,9-10,16H2,1-3H3. The summed E-state index contributed by atoms with van der Waals surface area (Å²) in [4.78, 5) is 14.3. The zero-order chi connectivity index (χ0) is 14.0. The lowest BCUT2D eigenvalue weighted by atomic mass is 9.78. The van der Waals surface area contributed by atoms with Crippen LogP contribution in [0.1, 0.15) is 27.2 Å². The third-order valence-electron chi connectivity index (χ3n) is 3.85. The summed E-state index contributed by atoms with van der Waals surface area (Å²) in [7, 11) is 0. The van der Waals surface area contributed by atoms with Crippen LogP contribution in [0.25, 0.3) is 0 Å². The Bertz CT molecular complexity index is 454. The van der Waals surface area contributed by atoms with Gasteiger partial charge in [0, 0.05) is 18.3 Å². The van der Waals surface area contributed by atoms with E-state index in [-0.39, 0.29) is 11.9 Å². The third kappa shape index (κ3) is 2.59. The Balaban J connectivity index is 2.20. The lowest BCUT2D eigenvalue weighted by Crippen LogP contribution is -2.56. The van der Waals surface area contributed by atoms with E-state index in [1.165, 1.54) is 0 Å². The number of hydrogen-bond acceptors (Lipinski definition) is 3. The van der Waals surface area contributed by atoms with Gasteiger partial charge in [-0.25, -0.2) is 0 Å². The van der Waals surface area contributed by atoms with Gasteiger partial charge in [-0.1, -0.05) is 0 Å². The predicted molar refractivity (Wildman–Crippen MR) is 76.3 cm³/mol. The van der Waals surface area contributed by atoms with Gasteiger partial charge in [0.2, 0.25) is 5.91 Å². The van der Waals surface area contributed by atoms with Crippen molar-refractivity contribution in [2.75, 3.05) is 18.1 Å². The van der Waals surface area contributed by atoms with Gasteiger partial charge in [-0.2, -0.15) is 0 Å². The second kappa shape index (κ2) is 5.21. The van der Waals surface area contributed by atoms with Gasteiger partial charge in [-0.3, -0.25) is 4.79 Å². The van der Waals surface area contributed by atoms with E-state index in [1.54, 1.807) is 0 Å². The molecule has 19 heavy (non-hydrogen) atoms. The van der Waals surface area contributed by atoms with Crippen LogP contribution >= 0.6 is 0 Å². The van der Waals surface area contributed by atoms with Crippen molar-refractivity contribution < 1.29 is 9.53 Å². The van der Waals surface area contributed by atoms with Crippen molar-refractivity contribution in [2.45, 2.75) is 33.2 Å². The molecular formula is C15H22N2O2. The maximum absolute atomic E-state index is 12.5. The molecule has 104 valence electrons. The number of nitrogens with zero attached hydrogens (tertiary/aromatic N) is 1. The van der Waals surface area contributed by atoms with Crippen LogP contribution in [0.3, 0.4) is 0 Å². The van der Waals surface area contributed by atoms with Gasteiger partial charge >= 0.3 is 0 Å². The van der Waals surface area contributed by atoms with Crippen LogP contribution in [0.4, 0.5) is 5.69 Å². The zero-order valence-electron chi connectivity index (χ0n) is 11.8. The van der Waals surface area contributed by atoms with E-state index in [0.717, 1.165) is 17.9 Å². The van der Waals surface area contributed by atoms with Crippen molar-refractivity contribution in [3.8, 4) is 5.75 Å². The van der Waals surface area contributed by atoms with Crippen molar-refractivity contribution in [3.05, 3.63) is 24.3 Å². The summed E-state index contributed by atoms with van der Waals surface area (Å²) in [5, 5.41) is 0. The topological polar surface area (TPSA) is 55.6 Å². The van der Waals surface area contributed by atoms with Gasteiger partial charge in [0.05, 0.1) is 12.0 Å². The molecule has 0 aliphatic carbocycles. The maximum atomic E-state index is 12.5. The lowest BCUT2D eigenvalue weighted by Gasteiger charge is -2.41. The van der Waals surface area contributed by atoms with E-state index >= 15 is 0 Å². The van der Waals surface area contributed by atoms with Gasteiger partial charge in [0.1, 0.15) is 5.75 Å². The molecule has 2 rings (SSSR count). The first-order valence-corrected chi connectivity index (χ1v) is 6.77. The molecule has 0 spiro atoms. The molecule has 1 aliphatic heterocycles. The second-order valence-corrected chi connectivity index (χ2v) is 5.50. The molecule has 4 nitrogen and oxygen atoms in total. The summed E-state index contributed by atoms with van der Waals surface area (Å²) in [6.07, 6.45) is 0.825. The van der Waals surface area contributed by atoms with Crippen LogP contribution in [0.2, 0.25) is 0 Å². The Morgan fingerprint density at radius 2 is 2.00 bits per heavy atom. The normalized spacial score (nSPS) is 22.4. The molecule has 0 radical (unpaired) electrons. The van der Waals surface area contributed by atoms with Crippen LogP contribution in [-0.4, -0.2) is 25.1 Å². The summed E-state index contributed by atoms with van der Waals surface area (Å²) < 4.78 is 5.41. The zero-order valence-corrected chi connectivity index (χ0v) is 11.8. The number of benzene rings is 1. The molecule has 2 N–H and O–H groups in total. The average Bonchev–Trinajstić information content (AvgIpc) is 2.39. The van der Waals surface area contributed by atoms with Gasteiger partial charge < -0.3 is 15.4 Å². The molecule has 1 aliphatic rings. The summed E-state index contributed by atoms with van der Waals surface area (Å²) in [5.74, 6) is 0.919. The largest absolute Gasteiger partial charge is 0.494 e. The molecule has 1 heterocycles. The highest BCUT2D eigenvalue weighted by Crippen LogP contribution is 2.32. The number of ether oxygens (including phenoxy) is 1. The third-order valence-corrected chi connectivity index (χ3v) is 3.85. The van der Waals surface area contributed by atoms with Crippen LogP contribution in [-0.2, 0) is 4.79 Å². The second-order valence-electron chi connectivity index (χ2n) is 5.50. The molecule has 4 heteroatoms. The highest BCUT2D eigenvalue weighted by molar-refractivity contribution is 5.98. The van der Waals surface area contributed by atoms with E-state index < -0.39 is 5.41 Å². The predicted octanol–water partition coefficient (Wildman–Crippen LogP) is 2.18. The number of carbonyl (C=O) groups is 1. The quantitative estimate of drug-likeness (QED) is 0.908. The van der Waals surface area contributed by atoms with Crippen molar-refractivity contribution >= 4 is 11.6 Å². The Morgan fingerprint density at radius 1 is 1.37 bits per heavy atom. The van der Waals surface area contributed by atoms with Crippen molar-refractivity contribution in [3.63, 3.8) is 0 Å². The number of nitrogens with two attached hydrogens (primary N) is 1. The minimum Gasteiger partial charge on any atom is -0.494 e. The first-order valence-electron chi connectivity index (χ1n) is 6.77. The van der Waals surface area contributed by atoms with E-state index in [4.69, 9.17) is 10.5 Å². The molecule has 1 unspecified atom stereocenters. The average molecular weight is 262 g/mol. The number of amides is 1. The molecule has 1 saturated heterocycles. The smallest absolute Gasteiger partial charge is 0.234 e. The van der Waals surface area contributed by atoms with Crippen LogP contribution < -0.4 is 15.4 Å². The molecular weight excluding hydrogens is 240 g/mol. The molecule has 0 aromatic heterocycles. The number of rotatable bonds is 3. The van der Waals surface area contributed by atoms with Crippen LogP contribution in [0, 0.1) is 5.41 Å².